The summed E-state index contributed by atoms with van der Waals surface area (Å²) < 4.78 is 47.0. The van der Waals surface area contributed by atoms with Crippen molar-refractivity contribution in [3.8, 4) is 34.6 Å². The molecule has 34 heavy (non-hydrogen) atoms. The number of hydrogen-bond donors (Lipinski definition) is 1. The van der Waals surface area contributed by atoms with Crippen LogP contribution in [0.25, 0.3) is 11.1 Å². The minimum atomic E-state index is -1.36. The van der Waals surface area contributed by atoms with E-state index in [2.05, 4.69) is 26.8 Å². The Kier molecular flexibility index (Phi) is 4.38. The fourth-order valence-corrected chi connectivity index (χ4v) is 4.34. The van der Waals surface area contributed by atoms with Gasteiger partial charge in [-0.2, -0.15) is 4.39 Å². The van der Waals surface area contributed by atoms with Crippen LogP contribution in [-0.2, 0) is 15.0 Å². The molecule has 6 rings (SSSR count). The molecule has 2 N–H and O–H groups in total. The van der Waals surface area contributed by atoms with Crippen molar-refractivity contribution in [1.82, 2.24) is 9.97 Å². The monoisotopic (exact) mass is 460 g/mol. The number of nitrogens with two attached hydrogens (primary N) is 1. The molecule has 0 radical (unpaired) electrons. The Balaban J connectivity index is 1.54. The maximum atomic E-state index is 16.0. The van der Waals surface area contributed by atoms with E-state index in [-0.39, 0.29) is 40.6 Å². The van der Waals surface area contributed by atoms with Gasteiger partial charge in [-0.25, -0.2) is 19.4 Å². The van der Waals surface area contributed by atoms with Gasteiger partial charge in [0.2, 0.25) is 11.8 Å². The molecule has 1 spiro atoms. The molecular weight excluding hydrogens is 442 g/mol. The van der Waals surface area contributed by atoms with E-state index in [1.165, 1.54) is 12.4 Å². The highest BCUT2D eigenvalue weighted by Gasteiger charge is 2.50. The summed E-state index contributed by atoms with van der Waals surface area (Å²) in [7, 11) is 0. The molecule has 1 fully saturated rings. The first kappa shape index (κ1) is 20.6. The molecule has 1 atom stereocenters. The molecule has 7 nitrogen and oxygen atoms in total. The van der Waals surface area contributed by atoms with E-state index in [1.54, 1.807) is 30.3 Å². The Bertz CT molecular complexity index is 1440. The summed E-state index contributed by atoms with van der Waals surface area (Å²) in [6.45, 7) is 2.86. The normalized spacial score (nSPS) is 21.2. The number of hydrogen-bond acceptors (Lipinski definition) is 7. The summed E-state index contributed by atoms with van der Waals surface area (Å²) in [6.07, 6.45) is 2.71. The zero-order valence-corrected chi connectivity index (χ0v) is 18.1. The third kappa shape index (κ3) is 3.03. The lowest BCUT2D eigenvalue weighted by Gasteiger charge is -2.33. The molecule has 3 aromatic rings. The van der Waals surface area contributed by atoms with Gasteiger partial charge in [0.15, 0.2) is 11.4 Å². The van der Waals surface area contributed by atoms with E-state index in [1.807, 2.05) is 6.92 Å². The van der Waals surface area contributed by atoms with Crippen molar-refractivity contribution in [2.45, 2.75) is 12.5 Å². The number of halogens is 2. The lowest BCUT2D eigenvalue weighted by atomic mass is 9.80. The molecule has 2 aromatic heterocycles. The highest BCUT2D eigenvalue weighted by molar-refractivity contribution is 5.78. The summed E-state index contributed by atoms with van der Waals surface area (Å²) in [5, 5.41) is 0. The van der Waals surface area contributed by atoms with Crippen LogP contribution in [0.2, 0.25) is 0 Å². The molecular formula is C25H18F2N4O3. The van der Waals surface area contributed by atoms with Crippen LogP contribution in [0.4, 0.5) is 8.78 Å². The molecule has 0 bridgehead atoms. The first-order valence-corrected chi connectivity index (χ1v) is 10.6. The molecule has 170 valence electrons. The smallest absolute Gasteiger partial charge is 0.283 e. The maximum absolute atomic E-state index is 16.0. The first-order valence-electron chi connectivity index (χ1n) is 10.6. The number of nitrogens with zero attached hydrogens (tertiary/aromatic N) is 3. The zero-order valence-electron chi connectivity index (χ0n) is 18.1. The summed E-state index contributed by atoms with van der Waals surface area (Å²) in [6, 6.07) is 8.20. The van der Waals surface area contributed by atoms with Gasteiger partial charge < -0.3 is 19.9 Å². The van der Waals surface area contributed by atoms with Crippen LogP contribution in [0, 0.1) is 29.0 Å². The number of aromatic nitrogens is 2. The second kappa shape index (κ2) is 7.23. The number of amidine groups is 1. The van der Waals surface area contributed by atoms with Gasteiger partial charge in [0.25, 0.3) is 6.02 Å². The molecule has 0 aliphatic carbocycles. The molecule has 5 heterocycles. The Morgan fingerprint density at radius 1 is 1.12 bits per heavy atom. The van der Waals surface area contributed by atoms with Crippen LogP contribution in [-0.4, -0.2) is 35.8 Å². The highest BCUT2D eigenvalue weighted by atomic mass is 19.1. The fraction of sp³-hybridized carbons (Fsp3) is 0.240. The lowest BCUT2D eigenvalue weighted by molar-refractivity contribution is -0.0648. The topological polar surface area (TPSA) is 91.9 Å². The van der Waals surface area contributed by atoms with E-state index in [9.17, 15) is 4.39 Å². The Morgan fingerprint density at radius 2 is 1.97 bits per heavy atom. The van der Waals surface area contributed by atoms with Crippen molar-refractivity contribution in [3.05, 3.63) is 71.2 Å². The van der Waals surface area contributed by atoms with Gasteiger partial charge in [-0.3, -0.25) is 0 Å². The number of rotatable bonds is 1. The van der Waals surface area contributed by atoms with Gasteiger partial charge in [0.1, 0.15) is 12.4 Å². The minimum Gasteiger partial charge on any atom is -0.462 e. The second-order valence-electron chi connectivity index (χ2n) is 8.72. The maximum Gasteiger partial charge on any atom is 0.283 e. The third-order valence-corrected chi connectivity index (χ3v) is 6.17. The van der Waals surface area contributed by atoms with Crippen molar-refractivity contribution < 1.29 is 23.0 Å². The minimum absolute atomic E-state index is 0.0519. The Labute approximate surface area is 193 Å². The first-order chi connectivity index (χ1) is 16.4. The molecule has 0 unspecified atom stereocenters. The van der Waals surface area contributed by atoms with Crippen molar-refractivity contribution in [2.24, 2.45) is 16.1 Å². The quantitative estimate of drug-likeness (QED) is 0.442. The summed E-state index contributed by atoms with van der Waals surface area (Å²) in [4.78, 5) is 12.5. The molecule has 9 heteroatoms. The van der Waals surface area contributed by atoms with Gasteiger partial charge in [-0.05, 0) is 36.8 Å². The number of benzene rings is 1. The van der Waals surface area contributed by atoms with E-state index in [0.717, 1.165) is 0 Å². The van der Waals surface area contributed by atoms with Crippen LogP contribution >= 0.6 is 0 Å². The van der Waals surface area contributed by atoms with Crippen molar-refractivity contribution >= 4 is 6.02 Å². The molecule has 1 saturated heterocycles. The van der Waals surface area contributed by atoms with E-state index in [4.69, 9.17) is 19.9 Å². The van der Waals surface area contributed by atoms with Crippen molar-refractivity contribution in [2.75, 3.05) is 19.8 Å². The predicted molar refractivity (Wildman–Crippen MR) is 118 cm³/mol. The average Bonchev–Trinajstić information content (AvgIpc) is 3.19. The largest absolute Gasteiger partial charge is 0.462 e. The van der Waals surface area contributed by atoms with Crippen LogP contribution in [0.5, 0.6) is 11.6 Å². The number of fused-ring (bicyclic) bond motifs is 4. The van der Waals surface area contributed by atoms with Crippen molar-refractivity contribution in [1.29, 1.82) is 0 Å². The van der Waals surface area contributed by atoms with E-state index >= 15 is 4.39 Å². The number of ether oxygens (including phenoxy) is 3. The summed E-state index contributed by atoms with van der Waals surface area (Å²) >= 11 is 0. The van der Waals surface area contributed by atoms with Crippen molar-refractivity contribution in [3.63, 3.8) is 0 Å². The van der Waals surface area contributed by atoms with Gasteiger partial charge in [-0.15, -0.1) is 0 Å². The standard InChI is InChI=1S/C25H18F2N4O3/c1-24(11-32-12-24)7-6-15-10-30-22-19(20(15)26)25(13-33-23(28)31-25)17-9-14(4-5-18(17)34-22)16-3-2-8-29-21(16)27/h2-5,8-10H,11-13H2,1H3,(H2,28,31)/t25-/m0/s1. The van der Waals surface area contributed by atoms with Gasteiger partial charge in [0.05, 0.1) is 29.8 Å². The molecule has 3 aliphatic rings. The second-order valence-corrected chi connectivity index (χ2v) is 8.72. The number of pyridine rings is 2. The van der Waals surface area contributed by atoms with Gasteiger partial charge >= 0.3 is 0 Å². The Hall–Kier alpha value is -4.03. The summed E-state index contributed by atoms with van der Waals surface area (Å²) in [5.41, 5.74) is 5.67. The predicted octanol–water partition coefficient (Wildman–Crippen LogP) is 3.50. The van der Waals surface area contributed by atoms with Crippen LogP contribution < -0.4 is 10.5 Å². The molecule has 3 aliphatic heterocycles. The number of aliphatic imine (C=N–C) groups is 1. The Morgan fingerprint density at radius 3 is 2.68 bits per heavy atom. The van der Waals surface area contributed by atoms with Gasteiger partial charge in [0, 0.05) is 23.5 Å². The fourth-order valence-electron chi connectivity index (χ4n) is 4.34. The van der Waals surface area contributed by atoms with Crippen LogP contribution in [0.3, 0.4) is 0 Å². The van der Waals surface area contributed by atoms with E-state index < -0.39 is 17.3 Å². The van der Waals surface area contributed by atoms with Crippen LogP contribution in [0.15, 0.2) is 47.7 Å². The third-order valence-electron chi connectivity index (χ3n) is 6.17. The molecule has 0 saturated carbocycles. The van der Waals surface area contributed by atoms with Crippen LogP contribution in [0.1, 0.15) is 23.6 Å². The molecule has 1 aromatic carbocycles. The van der Waals surface area contributed by atoms with Gasteiger partial charge in [-0.1, -0.05) is 17.9 Å². The van der Waals surface area contributed by atoms with E-state index in [0.29, 0.717) is 30.1 Å². The lowest BCUT2D eigenvalue weighted by Crippen LogP contribution is -2.38. The zero-order chi connectivity index (χ0) is 23.5. The highest BCUT2D eigenvalue weighted by Crippen LogP contribution is 2.52. The summed E-state index contributed by atoms with van der Waals surface area (Å²) in [5.74, 6) is 5.16. The average molecular weight is 460 g/mol. The SMILES string of the molecule is CC1(C#Cc2cnc3c(c2F)[C@]2(COC(N)=N2)c2cc(-c4cccnc4F)ccc2O3)COC1. The molecule has 0 amide bonds.